The number of aliphatic hydroxyl groups excluding tert-OH is 1. The Morgan fingerprint density at radius 3 is 2.40 bits per heavy atom. The van der Waals surface area contributed by atoms with Crippen LogP contribution in [0.15, 0.2) is 29.2 Å². The highest BCUT2D eigenvalue weighted by molar-refractivity contribution is 7.89. The van der Waals surface area contributed by atoms with Gasteiger partial charge in [0.05, 0.1) is 11.0 Å². The van der Waals surface area contributed by atoms with Gasteiger partial charge in [0.25, 0.3) is 0 Å². The second-order valence-corrected chi connectivity index (χ2v) is 5.36. The van der Waals surface area contributed by atoms with Gasteiger partial charge in [0.1, 0.15) is 0 Å². The summed E-state index contributed by atoms with van der Waals surface area (Å²) in [5.41, 5.74) is 0. The molecule has 0 aliphatic carbocycles. The molecule has 0 fully saturated rings. The van der Waals surface area contributed by atoms with Crippen LogP contribution in [0.2, 0.25) is 5.02 Å². The first-order valence-electron chi connectivity index (χ1n) is 4.35. The molecule has 1 atom stereocenters. The topological polar surface area (TPSA) is 66.4 Å². The molecule has 84 valence electrons. The largest absolute Gasteiger partial charge is 0.392 e. The summed E-state index contributed by atoms with van der Waals surface area (Å²) in [6.45, 7) is 1.50. The Labute approximate surface area is 93.9 Å². The molecule has 1 aromatic carbocycles. The maximum Gasteiger partial charge on any atom is 0.240 e. The van der Waals surface area contributed by atoms with Crippen LogP contribution in [-0.2, 0) is 10.0 Å². The first-order valence-corrected chi connectivity index (χ1v) is 6.21. The van der Waals surface area contributed by atoms with E-state index in [1.807, 2.05) is 0 Å². The first kappa shape index (κ1) is 12.4. The highest BCUT2D eigenvalue weighted by Gasteiger charge is 2.13. The van der Waals surface area contributed by atoms with Gasteiger partial charge in [-0.1, -0.05) is 11.6 Å². The Balaban J connectivity index is 2.82. The van der Waals surface area contributed by atoms with E-state index in [1.165, 1.54) is 31.2 Å². The Hall–Kier alpha value is -0.620. The number of benzene rings is 1. The molecule has 4 nitrogen and oxygen atoms in total. The number of halogens is 1. The van der Waals surface area contributed by atoms with Crippen molar-refractivity contribution in [3.8, 4) is 0 Å². The minimum Gasteiger partial charge on any atom is -0.392 e. The van der Waals surface area contributed by atoms with Gasteiger partial charge in [0.15, 0.2) is 0 Å². The SMILES string of the molecule is CC(O)CNS(=O)(=O)c1ccc(Cl)cc1. The lowest BCUT2D eigenvalue weighted by molar-refractivity contribution is 0.198. The van der Waals surface area contributed by atoms with Crippen molar-refractivity contribution in [3.05, 3.63) is 29.3 Å². The molecule has 6 heteroatoms. The molecule has 1 rings (SSSR count). The van der Waals surface area contributed by atoms with Gasteiger partial charge in [0, 0.05) is 11.6 Å². The molecular formula is C9H12ClNO3S. The Morgan fingerprint density at radius 1 is 1.40 bits per heavy atom. The van der Waals surface area contributed by atoms with Crippen molar-refractivity contribution >= 4 is 21.6 Å². The smallest absolute Gasteiger partial charge is 0.240 e. The van der Waals surface area contributed by atoms with E-state index in [2.05, 4.69) is 4.72 Å². The lowest BCUT2D eigenvalue weighted by Gasteiger charge is -2.08. The minimum atomic E-state index is -3.54. The third-order valence-electron chi connectivity index (χ3n) is 1.69. The van der Waals surface area contributed by atoms with E-state index in [0.29, 0.717) is 5.02 Å². The second-order valence-electron chi connectivity index (χ2n) is 3.15. The summed E-state index contributed by atoms with van der Waals surface area (Å²) in [6.07, 6.45) is -0.716. The predicted molar refractivity (Wildman–Crippen MR) is 58.3 cm³/mol. The van der Waals surface area contributed by atoms with Gasteiger partial charge in [-0.05, 0) is 31.2 Å². The van der Waals surface area contributed by atoms with Crippen LogP contribution >= 0.6 is 11.6 Å². The van der Waals surface area contributed by atoms with Crippen LogP contribution in [0.1, 0.15) is 6.92 Å². The fourth-order valence-corrected chi connectivity index (χ4v) is 2.18. The zero-order chi connectivity index (χ0) is 11.5. The van der Waals surface area contributed by atoms with Crippen LogP contribution in [0.25, 0.3) is 0 Å². The highest BCUT2D eigenvalue weighted by atomic mass is 35.5. The Bertz CT molecular complexity index is 413. The van der Waals surface area contributed by atoms with Gasteiger partial charge in [-0.15, -0.1) is 0 Å². The standard InChI is InChI=1S/C9H12ClNO3S/c1-7(12)6-11-15(13,14)9-4-2-8(10)3-5-9/h2-5,7,11-12H,6H2,1H3. The molecule has 0 spiro atoms. The van der Waals surface area contributed by atoms with Crippen LogP contribution in [0.4, 0.5) is 0 Å². The molecule has 0 aliphatic rings. The van der Waals surface area contributed by atoms with Crippen molar-refractivity contribution in [3.63, 3.8) is 0 Å². The summed E-state index contributed by atoms with van der Waals surface area (Å²) in [6, 6.07) is 5.82. The molecule has 0 amide bonds. The third kappa shape index (κ3) is 3.79. The van der Waals surface area contributed by atoms with Crippen LogP contribution in [0.3, 0.4) is 0 Å². The lowest BCUT2D eigenvalue weighted by atomic mass is 10.4. The normalized spacial score (nSPS) is 13.8. The summed E-state index contributed by atoms with van der Waals surface area (Å²) in [5, 5.41) is 9.44. The third-order valence-corrected chi connectivity index (χ3v) is 3.38. The Morgan fingerprint density at radius 2 is 1.93 bits per heavy atom. The number of sulfonamides is 1. The van der Waals surface area contributed by atoms with Crippen molar-refractivity contribution in [1.29, 1.82) is 0 Å². The molecule has 1 aromatic rings. The van der Waals surface area contributed by atoms with E-state index in [9.17, 15) is 8.42 Å². The van der Waals surface area contributed by atoms with Crippen LogP contribution in [0, 0.1) is 0 Å². The Kier molecular flexibility index (Phi) is 4.10. The van der Waals surface area contributed by atoms with Crippen molar-refractivity contribution in [2.24, 2.45) is 0 Å². The average Bonchev–Trinajstić information content (AvgIpc) is 2.16. The molecule has 0 saturated carbocycles. The van der Waals surface area contributed by atoms with Crippen LogP contribution in [-0.4, -0.2) is 26.2 Å². The number of hydrogen-bond acceptors (Lipinski definition) is 3. The van der Waals surface area contributed by atoms with Crippen molar-refractivity contribution in [2.45, 2.75) is 17.9 Å². The lowest BCUT2D eigenvalue weighted by Crippen LogP contribution is -2.30. The second kappa shape index (κ2) is 4.94. The fourth-order valence-electron chi connectivity index (χ4n) is 0.927. The molecule has 0 saturated heterocycles. The molecule has 0 bridgehead atoms. The van der Waals surface area contributed by atoms with E-state index < -0.39 is 16.1 Å². The van der Waals surface area contributed by atoms with Gasteiger partial charge < -0.3 is 5.11 Å². The van der Waals surface area contributed by atoms with E-state index in [-0.39, 0.29) is 11.4 Å². The predicted octanol–water partition coefficient (Wildman–Crippen LogP) is 0.999. The van der Waals surface area contributed by atoms with E-state index >= 15 is 0 Å². The number of hydrogen-bond donors (Lipinski definition) is 2. The minimum absolute atomic E-state index is 0.00897. The van der Waals surface area contributed by atoms with E-state index in [4.69, 9.17) is 16.7 Å². The molecule has 0 aromatic heterocycles. The quantitative estimate of drug-likeness (QED) is 0.837. The molecule has 0 radical (unpaired) electrons. The fraction of sp³-hybridized carbons (Fsp3) is 0.333. The molecule has 15 heavy (non-hydrogen) atoms. The summed E-state index contributed by atoms with van der Waals surface area (Å²) in [7, 11) is -3.54. The maximum atomic E-state index is 11.6. The van der Waals surface area contributed by atoms with Crippen LogP contribution in [0.5, 0.6) is 0 Å². The van der Waals surface area contributed by atoms with Gasteiger partial charge in [-0.2, -0.15) is 0 Å². The molecule has 0 heterocycles. The van der Waals surface area contributed by atoms with Gasteiger partial charge >= 0.3 is 0 Å². The van der Waals surface area contributed by atoms with Gasteiger partial charge in [-0.3, -0.25) is 0 Å². The maximum absolute atomic E-state index is 11.6. The monoisotopic (exact) mass is 249 g/mol. The summed E-state index contributed by atoms with van der Waals surface area (Å²) in [4.78, 5) is 0.132. The van der Waals surface area contributed by atoms with Crippen molar-refractivity contribution < 1.29 is 13.5 Å². The summed E-state index contributed by atoms with van der Waals surface area (Å²) >= 11 is 5.63. The average molecular weight is 250 g/mol. The molecule has 1 unspecified atom stereocenters. The van der Waals surface area contributed by atoms with Crippen LogP contribution < -0.4 is 4.72 Å². The van der Waals surface area contributed by atoms with E-state index in [0.717, 1.165) is 0 Å². The van der Waals surface area contributed by atoms with Crippen molar-refractivity contribution in [1.82, 2.24) is 4.72 Å². The van der Waals surface area contributed by atoms with Gasteiger partial charge in [-0.25, -0.2) is 13.1 Å². The zero-order valence-corrected chi connectivity index (χ0v) is 9.72. The van der Waals surface area contributed by atoms with E-state index in [1.54, 1.807) is 0 Å². The summed E-state index contributed by atoms with van der Waals surface area (Å²) < 4.78 is 25.4. The summed E-state index contributed by atoms with van der Waals surface area (Å²) in [5.74, 6) is 0. The zero-order valence-electron chi connectivity index (χ0n) is 8.14. The molecular weight excluding hydrogens is 238 g/mol. The number of aliphatic hydroxyl groups is 1. The van der Waals surface area contributed by atoms with Gasteiger partial charge in [0.2, 0.25) is 10.0 Å². The highest BCUT2D eigenvalue weighted by Crippen LogP contribution is 2.13. The molecule has 0 aliphatic heterocycles. The van der Waals surface area contributed by atoms with Crippen molar-refractivity contribution in [2.75, 3.05) is 6.54 Å². The first-order chi connectivity index (χ1) is 6.92. The molecule has 2 N–H and O–H groups in total. The number of nitrogens with one attached hydrogen (secondary N) is 1. The number of rotatable bonds is 4.